The Bertz CT molecular complexity index is 458. The predicted octanol–water partition coefficient (Wildman–Crippen LogP) is 3.18. The summed E-state index contributed by atoms with van der Waals surface area (Å²) in [6.45, 7) is 6.10. The van der Waals surface area contributed by atoms with Crippen molar-refractivity contribution in [3.63, 3.8) is 0 Å². The first-order valence-electron chi connectivity index (χ1n) is 7.76. The monoisotopic (exact) mass is 291 g/mol. The van der Waals surface area contributed by atoms with Crippen LogP contribution in [0.25, 0.3) is 0 Å². The molecule has 1 aliphatic carbocycles. The largest absolute Gasteiger partial charge is 0.492 e. The fraction of sp³-hybridized carbons (Fsp3) is 0.588. The third-order valence-electron chi connectivity index (χ3n) is 4.50. The number of nitrogens with one attached hydrogen (secondary N) is 1. The molecular weight excluding hydrogens is 266 g/mol. The number of carboxylic acid groups (broad SMARTS) is 1. The van der Waals surface area contributed by atoms with E-state index < -0.39 is 5.97 Å². The quantitative estimate of drug-likeness (QED) is 0.790. The van der Waals surface area contributed by atoms with E-state index >= 15 is 0 Å². The molecule has 0 saturated heterocycles. The highest BCUT2D eigenvalue weighted by Crippen LogP contribution is 2.29. The maximum Gasteiger partial charge on any atom is 0.335 e. The Morgan fingerprint density at radius 1 is 1.24 bits per heavy atom. The fourth-order valence-electron chi connectivity index (χ4n) is 2.86. The third-order valence-corrected chi connectivity index (χ3v) is 4.50. The molecule has 0 spiro atoms. The standard InChI is InChI=1S/C17H25NO3/c1-12-3-6-15(11-13(12)2)18-9-10-21-16-7-4-14(5-8-16)17(19)20/h4-5,7-8,12-13,15,18H,3,6,9-11H2,1-2H3,(H,19,20). The first-order valence-corrected chi connectivity index (χ1v) is 7.76. The van der Waals surface area contributed by atoms with E-state index in [9.17, 15) is 4.79 Å². The Labute approximate surface area is 126 Å². The summed E-state index contributed by atoms with van der Waals surface area (Å²) in [6.07, 6.45) is 3.80. The number of hydrogen-bond donors (Lipinski definition) is 2. The number of carboxylic acids is 1. The second kappa shape index (κ2) is 7.46. The van der Waals surface area contributed by atoms with E-state index in [1.807, 2.05) is 0 Å². The van der Waals surface area contributed by atoms with E-state index in [0.717, 1.165) is 18.4 Å². The van der Waals surface area contributed by atoms with Crippen molar-refractivity contribution in [2.75, 3.05) is 13.2 Å². The van der Waals surface area contributed by atoms with E-state index in [4.69, 9.17) is 9.84 Å². The molecule has 0 aliphatic heterocycles. The van der Waals surface area contributed by atoms with Gasteiger partial charge in [0.05, 0.1) is 5.56 Å². The van der Waals surface area contributed by atoms with Gasteiger partial charge in [0.15, 0.2) is 0 Å². The van der Waals surface area contributed by atoms with Gasteiger partial charge in [0.2, 0.25) is 0 Å². The molecule has 0 aromatic heterocycles. The van der Waals surface area contributed by atoms with E-state index in [-0.39, 0.29) is 5.56 Å². The van der Waals surface area contributed by atoms with Crippen molar-refractivity contribution >= 4 is 5.97 Å². The maximum absolute atomic E-state index is 10.7. The lowest BCUT2D eigenvalue weighted by atomic mass is 9.79. The topological polar surface area (TPSA) is 58.6 Å². The molecule has 2 rings (SSSR count). The van der Waals surface area contributed by atoms with Gasteiger partial charge in [-0.1, -0.05) is 13.8 Å². The average Bonchev–Trinajstić information content (AvgIpc) is 2.47. The minimum absolute atomic E-state index is 0.283. The number of carbonyl (C=O) groups is 1. The Kier molecular flexibility index (Phi) is 5.62. The summed E-state index contributed by atoms with van der Waals surface area (Å²) in [5.41, 5.74) is 0.283. The fourth-order valence-corrected chi connectivity index (χ4v) is 2.86. The summed E-state index contributed by atoms with van der Waals surface area (Å²) >= 11 is 0. The predicted molar refractivity (Wildman–Crippen MR) is 82.9 cm³/mol. The van der Waals surface area contributed by atoms with Gasteiger partial charge in [-0.2, -0.15) is 0 Å². The second-order valence-electron chi connectivity index (χ2n) is 6.10. The van der Waals surface area contributed by atoms with Gasteiger partial charge in [0.25, 0.3) is 0 Å². The van der Waals surface area contributed by atoms with Crippen molar-refractivity contribution in [2.24, 2.45) is 11.8 Å². The lowest BCUT2D eigenvalue weighted by Gasteiger charge is -2.32. The molecule has 4 heteroatoms. The molecule has 1 aromatic rings. The van der Waals surface area contributed by atoms with Crippen LogP contribution in [-0.2, 0) is 0 Å². The van der Waals surface area contributed by atoms with Crippen LogP contribution in [0.15, 0.2) is 24.3 Å². The molecule has 1 fully saturated rings. The molecule has 0 amide bonds. The Morgan fingerprint density at radius 2 is 1.95 bits per heavy atom. The lowest BCUT2D eigenvalue weighted by molar-refractivity contribution is 0.0697. The smallest absolute Gasteiger partial charge is 0.335 e. The van der Waals surface area contributed by atoms with Crippen molar-refractivity contribution in [3.8, 4) is 5.75 Å². The molecule has 1 aliphatic rings. The van der Waals surface area contributed by atoms with Crippen LogP contribution < -0.4 is 10.1 Å². The zero-order chi connectivity index (χ0) is 15.2. The molecule has 1 saturated carbocycles. The summed E-state index contributed by atoms with van der Waals surface area (Å²) < 4.78 is 5.62. The Morgan fingerprint density at radius 3 is 2.57 bits per heavy atom. The second-order valence-corrected chi connectivity index (χ2v) is 6.10. The van der Waals surface area contributed by atoms with Gasteiger partial charge in [0, 0.05) is 12.6 Å². The molecule has 116 valence electrons. The Hall–Kier alpha value is -1.55. The molecular formula is C17H25NO3. The number of benzene rings is 1. The summed E-state index contributed by atoms with van der Waals surface area (Å²) in [5.74, 6) is 1.43. The molecule has 0 bridgehead atoms. The molecule has 21 heavy (non-hydrogen) atoms. The molecule has 2 N–H and O–H groups in total. The van der Waals surface area contributed by atoms with Crippen LogP contribution in [0.5, 0.6) is 5.75 Å². The van der Waals surface area contributed by atoms with Crippen molar-refractivity contribution in [2.45, 2.75) is 39.2 Å². The lowest BCUT2D eigenvalue weighted by Crippen LogP contribution is -2.38. The summed E-state index contributed by atoms with van der Waals surface area (Å²) in [4.78, 5) is 10.7. The van der Waals surface area contributed by atoms with Gasteiger partial charge in [-0.05, 0) is 55.4 Å². The van der Waals surface area contributed by atoms with E-state index in [2.05, 4.69) is 19.2 Å². The van der Waals surface area contributed by atoms with Gasteiger partial charge < -0.3 is 15.2 Å². The van der Waals surface area contributed by atoms with Crippen molar-refractivity contribution < 1.29 is 14.6 Å². The van der Waals surface area contributed by atoms with E-state index in [0.29, 0.717) is 18.4 Å². The maximum atomic E-state index is 10.7. The van der Waals surface area contributed by atoms with Crippen LogP contribution in [0, 0.1) is 11.8 Å². The zero-order valence-corrected chi connectivity index (χ0v) is 12.8. The van der Waals surface area contributed by atoms with Crippen molar-refractivity contribution in [3.05, 3.63) is 29.8 Å². The van der Waals surface area contributed by atoms with Crippen LogP contribution in [0.2, 0.25) is 0 Å². The normalized spacial score (nSPS) is 25.5. The van der Waals surface area contributed by atoms with Gasteiger partial charge >= 0.3 is 5.97 Å². The summed E-state index contributed by atoms with van der Waals surface area (Å²) in [6, 6.07) is 7.14. The molecule has 4 nitrogen and oxygen atoms in total. The molecule has 3 atom stereocenters. The van der Waals surface area contributed by atoms with Crippen LogP contribution >= 0.6 is 0 Å². The Balaban J connectivity index is 1.66. The van der Waals surface area contributed by atoms with Crippen LogP contribution in [0.4, 0.5) is 0 Å². The molecule has 3 unspecified atom stereocenters. The number of ether oxygens (including phenoxy) is 1. The molecule has 0 radical (unpaired) electrons. The highest BCUT2D eigenvalue weighted by atomic mass is 16.5. The molecule has 0 heterocycles. The van der Waals surface area contributed by atoms with Crippen molar-refractivity contribution in [1.82, 2.24) is 5.32 Å². The van der Waals surface area contributed by atoms with Gasteiger partial charge in [-0.25, -0.2) is 4.79 Å². The highest BCUT2D eigenvalue weighted by molar-refractivity contribution is 5.87. The number of rotatable bonds is 6. The first-order chi connectivity index (χ1) is 10.1. The summed E-state index contributed by atoms with van der Waals surface area (Å²) in [7, 11) is 0. The minimum atomic E-state index is -0.913. The van der Waals surface area contributed by atoms with Crippen LogP contribution in [0.3, 0.4) is 0 Å². The first kappa shape index (κ1) is 15.8. The summed E-state index contributed by atoms with van der Waals surface area (Å²) in [5, 5.41) is 12.4. The average molecular weight is 291 g/mol. The third kappa shape index (κ3) is 4.74. The molecule has 1 aromatic carbocycles. The van der Waals surface area contributed by atoms with Gasteiger partial charge in [0.1, 0.15) is 12.4 Å². The SMILES string of the molecule is CC1CCC(NCCOc2ccc(C(=O)O)cc2)CC1C. The van der Waals surface area contributed by atoms with Gasteiger partial charge in [-0.15, -0.1) is 0 Å². The zero-order valence-electron chi connectivity index (χ0n) is 12.8. The van der Waals surface area contributed by atoms with Gasteiger partial charge in [-0.3, -0.25) is 0 Å². The minimum Gasteiger partial charge on any atom is -0.492 e. The number of hydrogen-bond acceptors (Lipinski definition) is 3. The highest BCUT2D eigenvalue weighted by Gasteiger charge is 2.23. The van der Waals surface area contributed by atoms with E-state index in [1.54, 1.807) is 24.3 Å². The number of aromatic carboxylic acids is 1. The van der Waals surface area contributed by atoms with Crippen molar-refractivity contribution in [1.29, 1.82) is 0 Å². The van der Waals surface area contributed by atoms with Crippen LogP contribution in [0.1, 0.15) is 43.5 Å². The van der Waals surface area contributed by atoms with Crippen LogP contribution in [-0.4, -0.2) is 30.3 Å². The van der Waals surface area contributed by atoms with E-state index in [1.165, 1.54) is 19.3 Å².